The lowest BCUT2D eigenvalue weighted by Gasteiger charge is -2.27. The highest BCUT2D eigenvalue weighted by Gasteiger charge is 2.37. The van der Waals surface area contributed by atoms with Gasteiger partial charge in [0.15, 0.2) is 23.3 Å². The minimum atomic E-state index is -1.27. The van der Waals surface area contributed by atoms with Crippen LogP contribution in [0.25, 0.3) is 22.8 Å². The van der Waals surface area contributed by atoms with Crippen molar-refractivity contribution in [2.75, 3.05) is 6.54 Å². The molecule has 0 saturated heterocycles. The fourth-order valence-electron chi connectivity index (χ4n) is 3.76. The predicted molar refractivity (Wildman–Crippen MR) is 138 cm³/mol. The third-order valence-electron chi connectivity index (χ3n) is 5.60. The van der Waals surface area contributed by atoms with E-state index in [0.717, 1.165) is 36.8 Å². The van der Waals surface area contributed by atoms with Crippen molar-refractivity contribution in [3.05, 3.63) is 82.9 Å². The van der Waals surface area contributed by atoms with E-state index in [-0.39, 0.29) is 22.2 Å². The normalized spacial score (nSPS) is 11.5. The molecule has 0 radical (unpaired) electrons. The first-order chi connectivity index (χ1) is 17.0. The first-order valence-electron chi connectivity index (χ1n) is 11.4. The molecule has 0 fully saturated rings. The number of rotatable bonds is 10. The predicted octanol–water partition coefficient (Wildman–Crippen LogP) is 4.81. The molecule has 0 unspecified atom stereocenters. The van der Waals surface area contributed by atoms with Crippen molar-refractivity contribution in [3.8, 4) is 22.8 Å². The number of hydrogen-bond acceptors (Lipinski definition) is 8. The zero-order chi connectivity index (χ0) is 24.7. The largest absolute Gasteiger partial charge is 0.330 e. The van der Waals surface area contributed by atoms with Crippen molar-refractivity contribution in [2.24, 2.45) is 11.5 Å². The third-order valence-corrected chi connectivity index (χ3v) is 5.94. The molecule has 0 saturated carbocycles. The van der Waals surface area contributed by atoms with Gasteiger partial charge in [-0.3, -0.25) is 0 Å². The van der Waals surface area contributed by atoms with E-state index in [1.54, 1.807) is 0 Å². The van der Waals surface area contributed by atoms with E-state index in [1.807, 2.05) is 60.7 Å². The van der Waals surface area contributed by atoms with E-state index < -0.39 is 5.54 Å². The molecular formula is C25H26Cl2N8. The minimum Gasteiger partial charge on any atom is -0.330 e. The van der Waals surface area contributed by atoms with Crippen molar-refractivity contribution in [1.29, 1.82) is 0 Å². The van der Waals surface area contributed by atoms with Crippen LogP contribution in [0.1, 0.15) is 43.8 Å². The van der Waals surface area contributed by atoms with Gasteiger partial charge in [-0.2, -0.15) is 9.97 Å². The molecule has 2 aromatic carbocycles. The summed E-state index contributed by atoms with van der Waals surface area (Å²) in [6, 6.07) is 19.0. The molecule has 4 aromatic rings. The summed E-state index contributed by atoms with van der Waals surface area (Å²) in [4.78, 5) is 26.8. The fourth-order valence-corrected chi connectivity index (χ4v) is 4.08. The standard InChI is InChI=1S/C25H26Cl2N8/c26-23-32-19(17-11-5-3-6-12-17)30-21(34-23)25(29,15-9-1-2-10-16-28)22-31-20(33-24(27)35-22)18-13-7-4-8-14-18/h3-8,11-14H,1-2,9-10,15-16,28-29H2. The molecule has 2 heterocycles. The monoisotopic (exact) mass is 508 g/mol. The highest BCUT2D eigenvalue weighted by atomic mass is 35.5. The fraction of sp³-hybridized carbons (Fsp3) is 0.280. The van der Waals surface area contributed by atoms with Gasteiger partial charge in [-0.05, 0) is 42.6 Å². The van der Waals surface area contributed by atoms with E-state index in [1.165, 1.54) is 0 Å². The van der Waals surface area contributed by atoms with Crippen molar-refractivity contribution in [2.45, 2.75) is 37.6 Å². The number of unbranched alkanes of at least 4 members (excludes halogenated alkanes) is 3. The van der Waals surface area contributed by atoms with Gasteiger partial charge in [0, 0.05) is 11.1 Å². The summed E-state index contributed by atoms with van der Waals surface area (Å²) in [6.45, 7) is 0.654. The first kappa shape index (κ1) is 25.1. The number of nitrogens with two attached hydrogens (primary N) is 2. The van der Waals surface area contributed by atoms with Gasteiger partial charge in [-0.25, -0.2) is 19.9 Å². The molecule has 0 bridgehead atoms. The van der Waals surface area contributed by atoms with E-state index in [4.69, 9.17) is 44.6 Å². The Balaban J connectivity index is 1.80. The molecule has 0 aliphatic carbocycles. The van der Waals surface area contributed by atoms with Crippen LogP contribution in [0.2, 0.25) is 10.6 Å². The van der Waals surface area contributed by atoms with Gasteiger partial charge in [0.25, 0.3) is 0 Å². The average molecular weight is 509 g/mol. The van der Waals surface area contributed by atoms with Crippen LogP contribution in [-0.4, -0.2) is 36.4 Å². The van der Waals surface area contributed by atoms with E-state index in [0.29, 0.717) is 24.6 Å². The quantitative estimate of drug-likeness (QED) is 0.292. The summed E-state index contributed by atoms with van der Waals surface area (Å²) >= 11 is 12.7. The highest BCUT2D eigenvalue weighted by Crippen LogP contribution is 2.31. The lowest BCUT2D eigenvalue weighted by atomic mass is 9.90. The molecule has 35 heavy (non-hydrogen) atoms. The van der Waals surface area contributed by atoms with Gasteiger partial charge >= 0.3 is 0 Å². The Hall–Kier alpha value is -3.04. The number of aromatic nitrogens is 6. The molecule has 0 aliphatic rings. The Bertz CT molecular complexity index is 1170. The maximum absolute atomic E-state index is 7.04. The van der Waals surface area contributed by atoms with E-state index in [9.17, 15) is 0 Å². The molecule has 0 atom stereocenters. The van der Waals surface area contributed by atoms with Gasteiger partial charge in [0.1, 0.15) is 5.54 Å². The molecule has 10 heteroatoms. The van der Waals surface area contributed by atoms with Gasteiger partial charge in [0.05, 0.1) is 0 Å². The molecule has 4 rings (SSSR count). The van der Waals surface area contributed by atoms with Crippen LogP contribution < -0.4 is 11.5 Å². The summed E-state index contributed by atoms with van der Waals surface area (Å²) < 4.78 is 0. The second kappa shape index (κ2) is 11.6. The Labute approximate surface area is 214 Å². The Morgan fingerprint density at radius 2 is 1.06 bits per heavy atom. The zero-order valence-corrected chi connectivity index (χ0v) is 20.6. The summed E-state index contributed by atoms with van der Waals surface area (Å²) in [5.74, 6) is 1.39. The van der Waals surface area contributed by atoms with Crippen molar-refractivity contribution < 1.29 is 0 Å². The lowest BCUT2D eigenvalue weighted by molar-refractivity contribution is 0.408. The minimum absolute atomic E-state index is 0.0373. The van der Waals surface area contributed by atoms with Crippen molar-refractivity contribution in [3.63, 3.8) is 0 Å². The summed E-state index contributed by atoms with van der Waals surface area (Å²) in [5.41, 5.74) is 13.0. The van der Waals surface area contributed by atoms with Gasteiger partial charge < -0.3 is 11.5 Å². The number of nitrogens with zero attached hydrogens (tertiary/aromatic N) is 6. The summed E-state index contributed by atoms with van der Waals surface area (Å²) in [7, 11) is 0. The lowest BCUT2D eigenvalue weighted by Crippen LogP contribution is -2.42. The molecule has 8 nitrogen and oxygen atoms in total. The average Bonchev–Trinajstić information content (AvgIpc) is 2.88. The molecule has 180 valence electrons. The van der Waals surface area contributed by atoms with Crippen LogP contribution in [0.15, 0.2) is 60.7 Å². The van der Waals surface area contributed by atoms with Crippen LogP contribution in [0.5, 0.6) is 0 Å². The van der Waals surface area contributed by atoms with Crippen LogP contribution in [-0.2, 0) is 5.54 Å². The number of benzene rings is 2. The molecular weight excluding hydrogens is 483 g/mol. The summed E-state index contributed by atoms with van der Waals surface area (Å²) in [5, 5.41) is 0.0745. The molecule has 2 aromatic heterocycles. The van der Waals surface area contributed by atoms with Crippen molar-refractivity contribution in [1.82, 2.24) is 29.9 Å². The smallest absolute Gasteiger partial charge is 0.226 e. The highest BCUT2D eigenvalue weighted by molar-refractivity contribution is 6.28. The van der Waals surface area contributed by atoms with Crippen LogP contribution in [0.4, 0.5) is 0 Å². The van der Waals surface area contributed by atoms with Crippen LogP contribution in [0.3, 0.4) is 0 Å². The third kappa shape index (κ3) is 6.15. The second-order valence-electron chi connectivity index (χ2n) is 8.16. The molecule has 4 N–H and O–H groups in total. The van der Waals surface area contributed by atoms with E-state index in [2.05, 4.69) is 19.9 Å². The molecule has 0 spiro atoms. The van der Waals surface area contributed by atoms with E-state index >= 15 is 0 Å². The summed E-state index contributed by atoms with van der Waals surface area (Å²) in [6.07, 6.45) is 4.13. The number of halogens is 2. The van der Waals surface area contributed by atoms with Gasteiger partial charge in [-0.1, -0.05) is 79.9 Å². The maximum Gasteiger partial charge on any atom is 0.226 e. The SMILES string of the molecule is NCCCCCCC(N)(c1nc(Cl)nc(-c2ccccc2)n1)c1nc(Cl)nc(-c2ccccc2)n1. The Morgan fingerprint density at radius 3 is 1.51 bits per heavy atom. The Morgan fingerprint density at radius 1 is 0.600 bits per heavy atom. The maximum atomic E-state index is 7.04. The van der Waals surface area contributed by atoms with Crippen molar-refractivity contribution >= 4 is 23.2 Å². The van der Waals surface area contributed by atoms with Gasteiger partial charge in [0.2, 0.25) is 10.6 Å². The molecule has 0 amide bonds. The zero-order valence-electron chi connectivity index (χ0n) is 19.1. The topological polar surface area (TPSA) is 129 Å². The molecule has 0 aliphatic heterocycles. The van der Waals surface area contributed by atoms with Crippen LogP contribution in [0, 0.1) is 0 Å². The Kier molecular flexibility index (Phi) is 8.30. The first-order valence-corrected chi connectivity index (χ1v) is 12.2. The van der Waals surface area contributed by atoms with Gasteiger partial charge in [-0.15, -0.1) is 0 Å². The van der Waals surface area contributed by atoms with Crippen LogP contribution >= 0.6 is 23.2 Å². The number of hydrogen-bond donors (Lipinski definition) is 2. The second-order valence-corrected chi connectivity index (χ2v) is 8.84.